The molecule has 0 aliphatic carbocycles. The predicted molar refractivity (Wildman–Crippen MR) is 82.6 cm³/mol. The monoisotopic (exact) mass is 263 g/mol. The van der Waals surface area contributed by atoms with Gasteiger partial charge >= 0.3 is 0 Å². The summed E-state index contributed by atoms with van der Waals surface area (Å²) in [5.74, 6) is 1.55. The molecule has 1 atom stereocenters. The number of benzene rings is 1. The van der Waals surface area contributed by atoms with Gasteiger partial charge in [0.15, 0.2) is 0 Å². The van der Waals surface area contributed by atoms with Gasteiger partial charge in [-0.25, -0.2) is 0 Å². The zero-order valence-electron chi connectivity index (χ0n) is 13.3. The van der Waals surface area contributed by atoms with Gasteiger partial charge in [0.25, 0.3) is 0 Å². The van der Waals surface area contributed by atoms with E-state index in [0.29, 0.717) is 17.4 Å². The number of rotatable bonds is 6. The van der Waals surface area contributed by atoms with Crippen molar-refractivity contribution in [3.05, 3.63) is 29.8 Å². The molecular formula is C17H29NO. The Labute approximate surface area is 118 Å². The normalized spacial score (nSPS) is 13.6. The van der Waals surface area contributed by atoms with Crippen LogP contribution in [0.4, 0.5) is 0 Å². The number of para-hydroxylation sites is 1. The van der Waals surface area contributed by atoms with E-state index in [1.165, 1.54) is 5.56 Å². The van der Waals surface area contributed by atoms with Crippen LogP contribution in [-0.2, 0) is 0 Å². The largest absolute Gasteiger partial charge is 0.493 e. The summed E-state index contributed by atoms with van der Waals surface area (Å²) in [6, 6.07) is 8.63. The van der Waals surface area contributed by atoms with Crippen molar-refractivity contribution >= 4 is 0 Å². The van der Waals surface area contributed by atoms with Crippen LogP contribution in [0.3, 0.4) is 0 Å². The summed E-state index contributed by atoms with van der Waals surface area (Å²) in [4.78, 5) is 0. The Morgan fingerprint density at radius 2 is 1.74 bits per heavy atom. The van der Waals surface area contributed by atoms with Crippen molar-refractivity contribution in [2.75, 3.05) is 13.2 Å². The second-order valence-corrected chi connectivity index (χ2v) is 6.91. The van der Waals surface area contributed by atoms with Crippen LogP contribution in [0.5, 0.6) is 5.75 Å². The van der Waals surface area contributed by atoms with E-state index >= 15 is 0 Å². The fourth-order valence-electron chi connectivity index (χ4n) is 1.80. The smallest absolute Gasteiger partial charge is 0.124 e. The standard InChI is InChI=1S/C17H29NO/c1-13(2)11-19-16-10-8-7-9-15(16)14(3)18-12-17(4,5)6/h7-10,13-14,18H,11-12H2,1-6H3. The minimum Gasteiger partial charge on any atom is -0.493 e. The molecule has 1 N–H and O–H groups in total. The van der Waals surface area contributed by atoms with E-state index in [1.54, 1.807) is 0 Å². The van der Waals surface area contributed by atoms with Gasteiger partial charge in [-0.05, 0) is 24.3 Å². The first-order chi connectivity index (χ1) is 8.79. The van der Waals surface area contributed by atoms with E-state index in [4.69, 9.17) is 4.74 Å². The molecule has 19 heavy (non-hydrogen) atoms. The summed E-state index contributed by atoms with van der Waals surface area (Å²) in [5, 5.41) is 3.59. The van der Waals surface area contributed by atoms with Gasteiger partial charge in [-0.3, -0.25) is 0 Å². The van der Waals surface area contributed by atoms with Gasteiger partial charge in [0, 0.05) is 18.2 Å². The van der Waals surface area contributed by atoms with Crippen molar-refractivity contribution in [3.63, 3.8) is 0 Å². The van der Waals surface area contributed by atoms with Crippen molar-refractivity contribution in [2.45, 2.75) is 47.6 Å². The third-order valence-corrected chi connectivity index (χ3v) is 2.90. The van der Waals surface area contributed by atoms with Crippen LogP contribution in [0, 0.1) is 11.3 Å². The molecule has 1 aromatic carbocycles. The summed E-state index contributed by atoms with van der Waals surface area (Å²) in [6.45, 7) is 15.0. The first-order valence-corrected chi connectivity index (χ1v) is 7.24. The first-order valence-electron chi connectivity index (χ1n) is 7.24. The fourth-order valence-corrected chi connectivity index (χ4v) is 1.80. The van der Waals surface area contributed by atoms with Crippen LogP contribution in [0.2, 0.25) is 0 Å². The maximum absolute atomic E-state index is 5.91. The third-order valence-electron chi connectivity index (χ3n) is 2.90. The number of ether oxygens (including phenoxy) is 1. The van der Waals surface area contributed by atoms with E-state index in [0.717, 1.165) is 18.9 Å². The van der Waals surface area contributed by atoms with Crippen LogP contribution in [-0.4, -0.2) is 13.2 Å². The van der Waals surface area contributed by atoms with Crippen molar-refractivity contribution in [3.8, 4) is 5.75 Å². The minimum atomic E-state index is 0.294. The van der Waals surface area contributed by atoms with Crippen molar-refractivity contribution in [1.82, 2.24) is 5.32 Å². The van der Waals surface area contributed by atoms with Crippen LogP contribution >= 0.6 is 0 Å². The second-order valence-electron chi connectivity index (χ2n) is 6.91. The van der Waals surface area contributed by atoms with E-state index in [9.17, 15) is 0 Å². The third kappa shape index (κ3) is 6.11. The van der Waals surface area contributed by atoms with Crippen LogP contribution < -0.4 is 10.1 Å². The highest BCUT2D eigenvalue weighted by atomic mass is 16.5. The molecule has 0 spiro atoms. The van der Waals surface area contributed by atoms with E-state index in [2.05, 4.69) is 65.1 Å². The number of nitrogens with one attached hydrogen (secondary N) is 1. The Balaban J connectivity index is 2.70. The van der Waals surface area contributed by atoms with E-state index in [-0.39, 0.29) is 0 Å². The fraction of sp³-hybridized carbons (Fsp3) is 0.647. The minimum absolute atomic E-state index is 0.294. The second kappa shape index (κ2) is 6.95. The zero-order valence-corrected chi connectivity index (χ0v) is 13.3. The van der Waals surface area contributed by atoms with E-state index in [1.807, 2.05) is 6.07 Å². The molecule has 0 fully saturated rings. The molecule has 1 aromatic rings. The summed E-state index contributed by atoms with van der Waals surface area (Å²) < 4.78 is 5.91. The molecule has 0 aliphatic heterocycles. The molecule has 2 heteroatoms. The molecule has 0 heterocycles. The number of hydrogen-bond donors (Lipinski definition) is 1. The topological polar surface area (TPSA) is 21.3 Å². The first kappa shape index (κ1) is 16.0. The molecule has 1 rings (SSSR count). The Morgan fingerprint density at radius 1 is 1.11 bits per heavy atom. The lowest BCUT2D eigenvalue weighted by molar-refractivity contribution is 0.265. The molecule has 1 unspecified atom stereocenters. The van der Waals surface area contributed by atoms with Crippen molar-refractivity contribution in [1.29, 1.82) is 0 Å². The number of hydrogen-bond acceptors (Lipinski definition) is 2. The lowest BCUT2D eigenvalue weighted by Gasteiger charge is -2.24. The molecule has 0 amide bonds. The van der Waals surface area contributed by atoms with Crippen molar-refractivity contribution < 1.29 is 4.74 Å². The Bertz CT molecular complexity index is 379. The van der Waals surface area contributed by atoms with Crippen LogP contribution in [0.25, 0.3) is 0 Å². The highest BCUT2D eigenvalue weighted by Gasteiger charge is 2.15. The molecule has 0 saturated heterocycles. The summed E-state index contributed by atoms with van der Waals surface area (Å²) in [5.41, 5.74) is 1.54. The molecule has 0 aliphatic rings. The summed E-state index contributed by atoms with van der Waals surface area (Å²) in [6.07, 6.45) is 0. The molecular weight excluding hydrogens is 234 g/mol. The maximum atomic E-state index is 5.91. The van der Waals surface area contributed by atoms with Gasteiger partial charge in [-0.2, -0.15) is 0 Å². The molecule has 108 valence electrons. The van der Waals surface area contributed by atoms with Crippen LogP contribution in [0.1, 0.15) is 53.1 Å². The van der Waals surface area contributed by atoms with Gasteiger partial charge in [0.1, 0.15) is 5.75 Å². The Kier molecular flexibility index (Phi) is 5.86. The predicted octanol–water partition coefficient (Wildman–Crippen LogP) is 4.42. The lowest BCUT2D eigenvalue weighted by Crippen LogP contribution is -2.29. The Hall–Kier alpha value is -1.02. The molecule has 0 bridgehead atoms. The van der Waals surface area contributed by atoms with Gasteiger partial charge in [0.2, 0.25) is 0 Å². The molecule has 2 nitrogen and oxygen atoms in total. The molecule has 0 saturated carbocycles. The molecule has 0 aromatic heterocycles. The Morgan fingerprint density at radius 3 is 2.32 bits per heavy atom. The summed E-state index contributed by atoms with van der Waals surface area (Å²) >= 11 is 0. The average Bonchev–Trinajstić information content (AvgIpc) is 2.33. The lowest BCUT2D eigenvalue weighted by atomic mass is 9.96. The van der Waals surface area contributed by atoms with Crippen molar-refractivity contribution in [2.24, 2.45) is 11.3 Å². The molecule has 0 radical (unpaired) electrons. The van der Waals surface area contributed by atoms with Gasteiger partial charge in [0.05, 0.1) is 6.61 Å². The van der Waals surface area contributed by atoms with Gasteiger partial charge in [-0.15, -0.1) is 0 Å². The van der Waals surface area contributed by atoms with Gasteiger partial charge in [-0.1, -0.05) is 52.8 Å². The van der Waals surface area contributed by atoms with E-state index < -0.39 is 0 Å². The SMILES string of the molecule is CC(C)COc1ccccc1C(C)NCC(C)(C)C. The highest BCUT2D eigenvalue weighted by Crippen LogP contribution is 2.26. The quantitative estimate of drug-likeness (QED) is 0.820. The van der Waals surface area contributed by atoms with Crippen LogP contribution in [0.15, 0.2) is 24.3 Å². The maximum Gasteiger partial charge on any atom is 0.124 e. The highest BCUT2D eigenvalue weighted by molar-refractivity contribution is 5.35. The average molecular weight is 263 g/mol. The van der Waals surface area contributed by atoms with Gasteiger partial charge < -0.3 is 10.1 Å². The summed E-state index contributed by atoms with van der Waals surface area (Å²) in [7, 11) is 0. The zero-order chi connectivity index (χ0) is 14.5.